The molecule has 11 amide bonds. The molecule has 0 saturated carbocycles. The minimum Gasteiger partial charge on any atom is -0.390 e. The minimum atomic E-state index is -1.66. The van der Waals surface area contributed by atoms with E-state index in [1.807, 2.05) is 61.6 Å². The number of rotatable bonds is 25. The largest absolute Gasteiger partial charge is 0.390 e. The fourth-order valence-corrected chi connectivity index (χ4v) is 13.4. The Bertz CT molecular complexity index is 2710. The molecular weight excluding hydrogens is 1280 g/mol. The lowest BCUT2D eigenvalue weighted by molar-refractivity contribution is -0.157. The van der Waals surface area contributed by atoms with Gasteiger partial charge in [0.1, 0.15) is 60.4 Å². The highest BCUT2D eigenvalue weighted by molar-refractivity contribution is 8.00. The number of nitrogens with zero attached hydrogens (tertiary/aromatic N) is 8. The summed E-state index contributed by atoms with van der Waals surface area (Å²) in [4.78, 5) is 176. The lowest BCUT2D eigenvalue weighted by atomic mass is 9.91. The third kappa shape index (κ3) is 27.0. The second-order valence-electron chi connectivity index (χ2n) is 30.2. The van der Waals surface area contributed by atoms with Crippen molar-refractivity contribution in [2.24, 2.45) is 35.5 Å². The number of unbranched alkanes of at least 4 members (excludes halogenated alkanes) is 1. The molecule has 1 fully saturated rings. The van der Waals surface area contributed by atoms with E-state index in [1.54, 1.807) is 67.5 Å². The molecule has 568 valence electrons. The van der Waals surface area contributed by atoms with E-state index >= 15 is 38.4 Å². The number of hydrogen-bond acceptors (Lipinski definition) is 15. The Balaban J connectivity index is 4.66. The van der Waals surface area contributed by atoms with Gasteiger partial charge in [-0.05, 0) is 148 Å². The van der Waals surface area contributed by atoms with Crippen LogP contribution < -0.4 is 21.3 Å². The Morgan fingerprint density at radius 2 is 1.03 bits per heavy atom. The molecule has 26 heteroatoms. The smallest absolute Gasteiger partial charge is 0.256 e. The Kier molecular flexibility index (Phi) is 38.9. The Morgan fingerprint density at radius 1 is 0.556 bits per heavy atom. The zero-order chi connectivity index (χ0) is 76.6. The third-order valence-corrected chi connectivity index (χ3v) is 20.2. The van der Waals surface area contributed by atoms with E-state index < -0.39 is 160 Å². The number of thioether (sulfide) groups is 1. The number of likely N-dealkylation sites (N-methyl/N-ethyl adjacent to an activating group) is 7. The molecule has 0 aliphatic carbocycles. The second kappa shape index (κ2) is 42.3. The highest BCUT2D eigenvalue weighted by atomic mass is 32.2. The quantitative estimate of drug-likeness (QED) is 0.0535. The van der Waals surface area contributed by atoms with Crippen LogP contribution in [0.3, 0.4) is 0 Å². The van der Waals surface area contributed by atoms with Gasteiger partial charge in [0.15, 0.2) is 5.37 Å². The lowest BCUT2D eigenvalue weighted by Gasteiger charge is -2.41. The van der Waals surface area contributed by atoms with Gasteiger partial charge in [0.2, 0.25) is 59.1 Å². The van der Waals surface area contributed by atoms with Gasteiger partial charge in [-0.15, -0.1) is 18.3 Å². The summed E-state index contributed by atoms with van der Waals surface area (Å²) >= 11 is 1.18. The zero-order valence-corrected chi connectivity index (χ0v) is 66.3. The number of ether oxygens (including phenoxy) is 1. The van der Waals surface area contributed by atoms with Gasteiger partial charge in [-0.25, -0.2) is 0 Å². The molecule has 13 atom stereocenters. The van der Waals surface area contributed by atoms with Crippen LogP contribution in [0.1, 0.15) is 183 Å². The molecule has 5 N–H and O–H groups in total. The second-order valence-corrected chi connectivity index (χ2v) is 31.4. The van der Waals surface area contributed by atoms with Gasteiger partial charge in [0, 0.05) is 61.8 Å². The van der Waals surface area contributed by atoms with Crippen LogP contribution in [0.4, 0.5) is 0 Å². The highest BCUT2D eigenvalue weighted by Gasteiger charge is 2.47. The van der Waals surface area contributed by atoms with Gasteiger partial charge in [0.25, 0.3) is 5.91 Å². The van der Waals surface area contributed by atoms with Crippen molar-refractivity contribution in [1.29, 1.82) is 0 Å². The number of allylic oxidation sites excluding steroid dienone is 2. The van der Waals surface area contributed by atoms with Crippen LogP contribution in [0, 0.1) is 35.5 Å². The zero-order valence-electron chi connectivity index (χ0n) is 65.5. The Hall–Kier alpha value is -6.12. The number of carbonyl (C=O) groups excluding carboxylic acids is 11. The number of carbonyl (C=O) groups is 11. The summed E-state index contributed by atoms with van der Waals surface area (Å²) < 4.78 is 6.18. The average molecular weight is 1420 g/mol. The topological polar surface area (TPSA) is 291 Å². The molecule has 1 rings (SSSR count). The first-order valence-electron chi connectivity index (χ1n) is 35.7. The predicted octanol–water partition coefficient (Wildman–Crippen LogP) is 5.77. The molecule has 1 heterocycles. The first kappa shape index (κ1) is 90.9. The number of amides is 11. The van der Waals surface area contributed by atoms with Gasteiger partial charge >= 0.3 is 0 Å². The first-order valence-corrected chi connectivity index (χ1v) is 36.8. The van der Waals surface area contributed by atoms with Crippen molar-refractivity contribution in [2.75, 3.05) is 75.3 Å². The number of hydrogen-bond donors (Lipinski definition) is 5. The minimum absolute atomic E-state index is 0.0184. The lowest BCUT2D eigenvalue weighted by Crippen LogP contribution is -2.64. The summed E-state index contributed by atoms with van der Waals surface area (Å²) in [6.45, 7) is 38.5. The maximum Gasteiger partial charge on any atom is 0.256 e. The predicted molar refractivity (Wildman–Crippen MR) is 392 cm³/mol. The highest BCUT2D eigenvalue weighted by Crippen LogP contribution is 2.29. The van der Waals surface area contributed by atoms with Gasteiger partial charge in [-0.1, -0.05) is 101 Å². The maximum atomic E-state index is 15.6. The fraction of sp³-hybridized carbons (Fsp3) is 0.795. The molecule has 0 spiro atoms. The van der Waals surface area contributed by atoms with Crippen molar-refractivity contribution in [1.82, 2.24) is 60.5 Å². The van der Waals surface area contributed by atoms with Crippen molar-refractivity contribution in [2.45, 2.75) is 266 Å². The van der Waals surface area contributed by atoms with Crippen molar-refractivity contribution < 1.29 is 62.6 Å². The van der Waals surface area contributed by atoms with Crippen LogP contribution in [-0.2, 0) is 57.5 Å². The van der Waals surface area contributed by atoms with Crippen LogP contribution in [0.2, 0.25) is 0 Å². The average Bonchev–Trinajstić information content (AvgIpc) is 0.807. The summed E-state index contributed by atoms with van der Waals surface area (Å²) in [6, 6.07) is -12.7. The van der Waals surface area contributed by atoms with Crippen molar-refractivity contribution in [3.8, 4) is 0 Å². The van der Waals surface area contributed by atoms with Crippen molar-refractivity contribution in [3.63, 3.8) is 0 Å². The van der Waals surface area contributed by atoms with E-state index in [0.29, 0.717) is 18.6 Å². The molecule has 0 aromatic carbocycles. The summed E-state index contributed by atoms with van der Waals surface area (Å²) in [7, 11) is 12.0. The van der Waals surface area contributed by atoms with Gasteiger partial charge in [0.05, 0.1) is 18.3 Å². The Labute approximate surface area is 599 Å². The maximum absolute atomic E-state index is 15.6. The van der Waals surface area contributed by atoms with Crippen LogP contribution in [-0.4, -0.2) is 268 Å². The molecule has 1 saturated heterocycles. The molecule has 0 aromatic rings. The molecular formula is C73H132N12O13S. The fourth-order valence-electron chi connectivity index (χ4n) is 12.1. The van der Waals surface area contributed by atoms with Crippen molar-refractivity contribution in [3.05, 3.63) is 24.8 Å². The van der Waals surface area contributed by atoms with E-state index in [4.69, 9.17) is 4.74 Å². The van der Waals surface area contributed by atoms with Crippen LogP contribution in [0.25, 0.3) is 0 Å². The van der Waals surface area contributed by atoms with Crippen LogP contribution in [0.15, 0.2) is 24.8 Å². The molecule has 25 nitrogen and oxygen atoms in total. The summed E-state index contributed by atoms with van der Waals surface area (Å²) in [5.74, 6) is -9.66. The summed E-state index contributed by atoms with van der Waals surface area (Å²) in [5, 5.41) is 22.3. The van der Waals surface area contributed by atoms with E-state index in [2.05, 4.69) is 46.6 Å². The Morgan fingerprint density at radius 3 is 1.52 bits per heavy atom. The molecule has 1 aliphatic rings. The van der Waals surface area contributed by atoms with Gasteiger partial charge in [-0.3, -0.25) is 52.7 Å². The standard InChI is InChI=1S/C73H132N12O13S/c1-29-32-35-49(16)60(86)59-64(90)76-52(31-3)66(92)85(28)72(99-38-34-33-36-78(21)48(14)15)71(97)82(25)56(42-73(19,20)98-37-30-2)63(89)77-57(46(10)11)69(95)79(22)53(39-43(4)5)62(88)74-50(17)61(87)75-51(18)65(91)80(23)54(40-44(6)7)67(93)81(24)55(41-45(8)9)68(94)83(26)58(47(12)13)70(96)84(59)27/h29-30,32,43-60,72,86H,2,31,33-42H2,1,3-28H3,(H,74,88)(H,75,87)(H,76,90)(H,77,89)/b32-29+/t49-,50+,51-,52+,53+,54+,55+,56+,57+,58+,59+,60-,72-/m1/s1. The van der Waals surface area contributed by atoms with Crippen LogP contribution in [0.5, 0.6) is 0 Å². The van der Waals surface area contributed by atoms with E-state index in [9.17, 15) is 19.5 Å². The van der Waals surface area contributed by atoms with Crippen molar-refractivity contribution >= 4 is 76.7 Å². The van der Waals surface area contributed by atoms with Gasteiger partial charge in [-0.2, -0.15) is 0 Å². The summed E-state index contributed by atoms with van der Waals surface area (Å²) in [6.07, 6.45) is 5.54. The molecule has 0 aromatic heterocycles. The van der Waals surface area contributed by atoms with Gasteiger partial charge < -0.3 is 70.3 Å². The molecule has 0 bridgehead atoms. The normalized spacial score (nSPS) is 25.7. The molecule has 99 heavy (non-hydrogen) atoms. The van der Waals surface area contributed by atoms with E-state index in [1.165, 1.54) is 104 Å². The number of nitrogens with one attached hydrogen (secondary N) is 4. The van der Waals surface area contributed by atoms with E-state index in [-0.39, 0.29) is 62.5 Å². The number of aliphatic hydroxyl groups is 1. The molecule has 0 unspecified atom stereocenters. The number of aliphatic hydroxyl groups excluding tert-OH is 1. The monoisotopic (exact) mass is 1420 g/mol. The molecule has 1 aliphatic heterocycles. The van der Waals surface area contributed by atoms with E-state index in [0.717, 1.165) is 17.9 Å². The first-order chi connectivity index (χ1) is 45.8. The SMILES string of the molecule is C=CCOC(C)(C)C[C@H]1C(=O)N[C@@H](C(C)C)C(=O)N(C)[C@@H](CC(C)C)C(=O)N[C@@H](C)C(=O)N[C@H](C)C(=O)N(C)[C@@H](CC(C)C)C(=O)N(C)[C@@H](CC(C)C)C(=O)N(C)[C@@H](C(C)C)C(=O)N(C)[C@@H]([C@H](O)[C@H](C)C/C=C/C)C(=O)N[C@@H](CC)C(=O)N(C)[C@H](SCCCCN(C)C(C)C)C(=O)N1C. The summed E-state index contributed by atoms with van der Waals surface area (Å²) in [5.41, 5.74) is -1.11. The third-order valence-electron chi connectivity index (χ3n) is 18.8. The molecule has 0 radical (unpaired) electrons. The van der Waals surface area contributed by atoms with Crippen LogP contribution >= 0.6 is 11.8 Å².